The summed E-state index contributed by atoms with van der Waals surface area (Å²) in [6.07, 6.45) is 2.28. The lowest BCUT2D eigenvalue weighted by atomic mass is 9.85. The average molecular weight is 360 g/mol. The van der Waals surface area contributed by atoms with Crippen molar-refractivity contribution < 1.29 is 23.7 Å². The van der Waals surface area contributed by atoms with Crippen LogP contribution in [0.4, 0.5) is 0 Å². The number of carbonyl (C=O) groups is 1. The van der Waals surface area contributed by atoms with E-state index in [0.29, 0.717) is 23.0 Å². The maximum atomic E-state index is 12.1. The van der Waals surface area contributed by atoms with E-state index in [-0.39, 0.29) is 18.3 Å². The standard InChI is InChI=1S/C19H20O5S/c1-21-15-10-14-17(19(23-3)18(15)22-2)13(9-16(20)24-14)11-5-7-12(25-4)8-6-11/h5-8,10,13H,9H2,1-4H3. The molecule has 0 amide bonds. The second-order valence-electron chi connectivity index (χ2n) is 5.56. The van der Waals surface area contributed by atoms with Crippen molar-refractivity contribution in [3.05, 3.63) is 41.5 Å². The zero-order valence-corrected chi connectivity index (χ0v) is 15.4. The number of esters is 1. The second-order valence-corrected chi connectivity index (χ2v) is 6.44. The lowest BCUT2D eigenvalue weighted by Crippen LogP contribution is -2.22. The molecule has 1 heterocycles. The van der Waals surface area contributed by atoms with E-state index in [0.717, 1.165) is 11.1 Å². The summed E-state index contributed by atoms with van der Waals surface area (Å²) < 4.78 is 21.9. The summed E-state index contributed by atoms with van der Waals surface area (Å²) in [5.41, 5.74) is 1.83. The Morgan fingerprint density at radius 1 is 1.04 bits per heavy atom. The fourth-order valence-corrected chi connectivity index (χ4v) is 3.53. The van der Waals surface area contributed by atoms with Gasteiger partial charge >= 0.3 is 5.97 Å². The van der Waals surface area contributed by atoms with Crippen LogP contribution in [0.25, 0.3) is 0 Å². The smallest absolute Gasteiger partial charge is 0.312 e. The molecule has 0 N–H and O–H groups in total. The highest BCUT2D eigenvalue weighted by molar-refractivity contribution is 7.98. The number of rotatable bonds is 5. The number of thioether (sulfide) groups is 1. The predicted octanol–water partition coefficient (Wildman–Crippen LogP) is 3.88. The minimum absolute atomic E-state index is 0.165. The van der Waals surface area contributed by atoms with Crippen molar-refractivity contribution >= 4 is 17.7 Å². The molecular weight excluding hydrogens is 340 g/mol. The molecule has 1 unspecified atom stereocenters. The fraction of sp³-hybridized carbons (Fsp3) is 0.316. The van der Waals surface area contributed by atoms with Gasteiger partial charge in [0.1, 0.15) is 5.75 Å². The molecule has 132 valence electrons. The van der Waals surface area contributed by atoms with Crippen LogP contribution in [0.3, 0.4) is 0 Å². The molecular formula is C19H20O5S. The first-order chi connectivity index (χ1) is 12.1. The molecule has 2 aromatic rings. The number of fused-ring (bicyclic) bond motifs is 1. The van der Waals surface area contributed by atoms with Crippen molar-refractivity contribution in [3.63, 3.8) is 0 Å². The van der Waals surface area contributed by atoms with Crippen molar-refractivity contribution in [2.75, 3.05) is 27.6 Å². The Kier molecular flexibility index (Phi) is 5.08. The second kappa shape index (κ2) is 7.27. The highest BCUT2D eigenvalue weighted by Gasteiger charge is 2.35. The number of ether oxygens (including phenoxy) is 4. The van der Waals surface area contributed by atoms with Crippen LogP contribution in [0, 0.1) is 0 Å². The molecule has 6 heteroatoms. The molecule has 1 atom stereocenters. The molecule has 0 radical (unpaired) electrons. The van der Waals surface area contributed by atoms with Crippen molar-refractivity contribution in [1.82, 2.24) is 0 Å². The van der Waals surface area contributed by atoms with Gasteiger partial charge in [0, 0.05) is 22.4 Å². The van der Waals surface area contributed by atoms with E-state index < -0.39 is 0 Å². The molecule has 5 nitrogen and oxygen atoms in total. The van der Waals surface area contributed by atoms with Crippen molar-refractivity contribution in [2.24, 2.45) is 0 Å². The van der Waals surface area contributed by atoms with E-state index >= 15 is 0 Å². The number of benzene rings is 2. The zero-order chi connectivity index (χ0) is 18.0. The van der Waals surface area contributed by atoms with Gasteiger partial charge in [-0.3, -0.25) is 4.79 Å². The van der Waals surface area contributed by atoms with Crippen LogP contribution < -0.4 is 18.9 Å². The Bertz CT molecular complexity index is 785. The lowest BCUT2D eigenvalue weighted by Gasteiger charge is -2.28. The van der Waals surface area contributed by atoms with E-state index in [1.54, 1.807) is 32.0 Å². The van der Waals surface area contributed by atoms with Crippen molar-refractivity contribution in [2.45, 2.75) is 17.2 Å². The van der Waals surface area contributed by atoms with E-state index in [9.17, 15) is 4.79 Å². The van der Waals surface area contributed by atoms with Gasteiger partial charge in [-0.25, -0.2) is 0 Å². The van der Waals surface area contributed by atoms with Crippen molar-refractivity contribution in [3.8, 4) is 23.0 Å². The summed E-state index contributed by atoms with van der Waals surface area (Å²) in [6, 6.07) is 9.85. The van der Waals surface area contributed by atoms with Gasteiger partial charge in [0.2, 0.25) is 5.75 Å². The van der Waals surface area contributed by atoms with E-state index in [4.69, 9.17) is 18.9 Å². The van der Waals surface area contributed by atoms with Gasteiger partial charge in [-0.05, 0) is 24.0 Å². The largest absolute Gasteiger partial charge is 0.493 e. The summed E-state index contributed by atoms with van der Waals surface area (Å²) in [7, 11) is 4.67. The monoisotopic (exact) mass is 360 g/mol. The van der Waals surface area contributed by atoms with Gasteiger partial charge in [-0.2, -0.15) is 0 Å². The van der Waals surface area contributed by atoms with Crippen LogP contribution in [0.2, 0.25) is 0 Å². The zero-order valence-electron chi connectivity index (χ0n) is 14.6. The van der Waals surface area contributed by atoms with Crippen LogP contribution in [-0.4, -0.2) is 33.6 Å². The topological polar surface area (TPSA) is 54.0 Å². The Morgan fingerprint density at radius 3 is 2.28 bits per heavy atom. The van der Waals surface area contributed by atoms with Gasteiger partial charge in [0.15, 0.2) is 11.5 Å². The van der Waals surface area contributed by atoms with Crippen LogP contribution in [0.15, 0.2) is 35.2 Å². The first kappa shape index (κ1) is 17.5. The van der Waals surface area contributed by atoms with Gasteiger partial charge in [-0.15, -0.1) is 11.8 Å². The van der Waals surface area contributed by atoms with Gasteiger partial charge in [-0.1, -0.05) is 12.1 Å². The number of carbonyl (C=O) groups excluding carboxylic acids is 1. The molecule has 3 rings (SSSR count). The Hall–Kier alpha value is -2.34. The van der Waals surface area contributed by atoms with Crippen LogP contribution in [-0.2, 0) is 4.79 Å². The summed E-state index contributed by atoms with van der Waals surface area (Å²) in [4.78, 5) is 13.3. The molecule has 0 saturated carbocycles. The normalized spacial score (nSPS) is 16.0. The average Bonchev–Trinajstić information content (AvgIpc) is 2.65. The molecule has 1 aliphatic heterocycles. The molecule has 0 fully saturated rings. The van der Waals surface area contributed by atoms with Crippen LogP contribution in [0.1, 0.15) is 23.5 Å². The number of hydrogen-bond donors (Lipinski definition) is 0. The van der Waals surface area contributed by atoms with Gasteiger partial charge in [0.05, 0.1) is 27.8 Å². The Labute approximate surface area is 151 Å². The van der Waals surface area contributed by atoms with Crippen LogP contribution in [0.5, 0.6) is 23.0 Å². The van der Waals surface area contributed by atoms with E-state index in [1.807, 2.05) is 30.5 Å². The third kappa shape index (κ3) is 3.14. The third-order valence-corrected chi connectivity index (χ3v) is 5.04. The fourth-order valence-electron chi connectivity index (χ4n) is 3.12. The summed E-state index contributed by atoms with van der Waals surface area (Å²) in [5, 5.41) is 0. The first-order valence-corrected chi connectivity index (χ1v) is 9.02. The molecule has 1 aliphatic rings. The molecule has 0 spiro atoms. The molecule has 0 bridgehead atoms. The summed E-state index contributed by atoms with van der Waals surface area (Å²) in [5.74, 6) is 1.49. The van der Waals surface area contributed by atoms with Gasteiger partial charge in [0.25, 0.3) is 0 Å². The first-order valence-electron chi connectivity index (χ1n) is 7.80. The minimum atomic E-state index is -0.277. The van der Waals surface area contributed by atoms with E-state index in [1.165, 1.54) is 12.0 Å². The highest BCUT2D eigenvalue weighted by atomic mass is 32.2. The molecule has 2 aromatic carbocycles. The Balaban J connectivity index is 2.19. The molecule has 25 heavy (non-hydrogen) atoms. The van der Waals surface area contributed by atoms with Crippen molar-refractivity contribution in [1.29, 1.82) is 0 Å². The summed E-state index contributed by atoms with van der Waals surface area (Å²) in [6.45, 7) is 0. The quantitative estimate of drug-likeness (QED) is 0.458. The number of hydrogen-bond acceptors (Lipinski definition) is 6. The number of methoxy groups -OCH3 is 3. The maximum Gasteiger partial charge on any atom is 0.312 e. The lowest BCUT2D eigenvalue weighted by molar-refractivity contribution is -0.135. The third-order valence-electron chi connectivity index (χ3n) is 4.29. The summed E-state index contributed by atoms with van der Waals surface area (Å²) >= 11 is 1.68. The molecule has 0 aliphatic carbocycles. The Morgan fingerprint density at radius 2 is 1.72 bits per heavy atom. The molecule has 0 saturated heterocycles. The SMILES string of the molecule is COc1cc2c(c(OC)c1OC)C(c1ccc(SC)cc1)CC(=O)O2. The highest BCUT2D eigenvalue weighted by Crippen LogP contribution is 2.52. The van der Waals surface area contributed by atoms with Crippen LogP contribution >= 0.6 is 11.8 Å². The predicted molar refractivity (Wildman–Crippen MR) is 96.4 cm³/mol. The van der Waals surface area contributed by atoms with Gasteiger partial charge < -0.3 is 18.9 Å². The minimum Gasteiger partial charge on any atom is -0.493 e. The molecule has 0 aromatic heterocycles. The van der Waals surface area contributed by atoms with E-state index in [2.05, 4.69) is 0 Å². The maximum absolute atomic E-state index is 12.1.